The van der Waals surface area contributed by atoms with E-state index in [0.717, 1.165) is 0 Å². The van der Waals surface area contributed by atoms with Crippen LogP contribution in [0, 0.1) is 17.1 Å². The number of nitriles is 1. The predicted molar refractivity (Wildman–Crippen MR) is 111 cm³/mol. The van der Waals surface area contributed by atoms with E-state index in [1.54, 1.807) is 54.6 Å². The lowest BCUT2D eigenvalue weighted by Gasteiger charge is -2.09. The van der Waals surface area contributed by atoms with E-state index in [1.807, 2.05) is 12.1 Å². The van der Waals surface area contributed by atoms with Gasteiger partial charge in [0.25, 0.3) is 5.91 Å². The maximum absolute atomic E-state index is 13.2. The Hall–Kier alpha value is -3.62. The molecule has 0 atom stereocenters. The Balaban J connectivity index is 1.71. The summed E-state index contributed by atoms with van der Waals surface area (Å²) in [5.41, 5.74) is 1.79. The van der Waals surface area contributed by atoms with Gasteiger partial charge in [-0.3, -0.25) is 4.79 Å². The molecule has 0 saturated carbocycles. The highest BCUT2D eigenvalue weighted by Crippen LogP contribution is 2.27. The Morgan fingerprint density at radius 3 is 2.59 bits per heavy atom. The van der Waals surface area contributed by atoms with Gasteiger partial charge in [0, 0.05) is 5.69 Å². The van der Waals surface area contributed by atoms with Crippen LogP contribution < -0.4 is 10.1 Å². The molecule has 0 heterocycles. The number of carbonyl (C=O) groups is 1. The van der Waals surface area contributed by atoms with E-state index in [2.05, 4.69) is 5.32 Å². The van der Waals surface area contributed by atoms with Crippen molar-refractivity contribution < 1.29 is 13.9 Å². The van der Waals surface area contributed by atoms with E-state index in [9.17, 15) is 14.4 Å². The van der Waals surface area contributed by atoms with Crippen molar-refractivity contribution in [3.05, 3.63) is 100 Å². The molecule has 4 nitrogen and oxygen atoms in total. The highest BCUT2D eigenvalue weighted by atomic mass is 35.5. The van der Waals surface area contributed by atoms with Gasteiger partial charge in [0.1, 0.15) is 29.8 Å². The molecule has 0 radical (unpaired) electrons. The van der Waals surface area contributed by atoms with Crippen molar-refractivity contribution in [2.75, 3.05) is 5.32 Å². The molecule has 6 heteroatoms. The highest BCUT2D eigenvalue weighted by molar-refractivity contribution is 6.32. The summed E-state index contributed by atoms with van der Waals surface area (Å²) in [4.78, 5) is 12.3. The first-order valence-electron chi connectivity index (χ1n) is 8.70. The van der Waals surface area contributed by atoms with Gasteiger partial charge in [-0.15, -0.1) is 0 Å². The molecule has 3 aromatic carbocycles. The first kappa shape index (κ1) is 20.1. The van der Waals surface area contributed by atoms with Crippen molar-refractivity contribution in [1.82, 2.24) is 0 Å². The van der Waals surface area contributed by atoms with E-state index in [-0.39, 0.29) is 18.0 Å². The number of anilines is 1. The maximum atomic E-state index is 13.2. The molecular formula is C23H16ClFN2O2. The molecular weight excluding hydrogens is 391 g/mol. The van der Waals surface area contributed by atoms with Crippen molar-refractivity contribution in [2.24, 2.45) is 0 Å². The third kappa shape index (κ3) is 5.68. The zero-order valence-electron chi connectivity index (χ0n) is 15.2. The second-order valence-electron chi connectivity index (χ2n) is 6.10. The number of amides is 1. The number of nitrogens with zero attached hydrogens (tertiary/aromatic N) is 1. The van der Waals surface area contributed by atoms with E-state index in [4.69, 9.17) is 16.3 Å². The Morgan fingerprint density at radius 1 is 1.10 bits per heavy atom. The molecule has 0 aliphatic carbocycles. The number of para-hydroxylation sites is 1. The quantitative estimate of drug-likeness (QED) is 0.428. The molecule has 1 N–H and O–H groups in total. The van der Waals surface area contributed by atoms with Crippen molar-refractivity contribution in [1.29, 1.82) is 5.26 Å². The number of carbonyl (C=O) groups excluding carboxylic acids is 1. The zero-order valence-corrected chi connectivity index (χ0v) is 16.0. The van der Waals surface area contributed by atoms with Gasteiger partial charge in [-0.25, -0.2) is 4.39 Å². The number of ether oxygens (including phenoxy) is 1. The van der Waals surface area contributed by atoms with Crippen LogP contribution in [0.4, 0.5) is 10.1 Å². The first-order chi connectivity index (χ1) is 14.0. The second-order valence-corrected chi connectivity index (χ2v) is 6.51. The molecule has 1 amide bonds. The fourth-order valence-electron chi connectivity index (χ4n) is 2.55. The average molecular weight is 407 g/mol. The van der Waals surface area contributed by atoms with Crippen molar-refractivity contribution in [2.45, 2.75) is 6.61 Å². The van der Waals surface area contributed by atoms with Crippen LogP contribution in [0.15, 0.2) is 78.4 Å². The summed E-state index contributed by atoms with van der Waals surface area (Å²) in [6.07, 6.45) is 1.44. The number of hydrogen-bond acceptors (Lipinski definition) is 3. The Kier molecular flexibility index (Phi) is 6.62. The van der Waals surface area contributed by atoms with Gasteiger partial charge >= 0.3 is 0 Å². The molecule has 0 bridgehead atoms. The minimum atomic E-state index is -0.513. The molecule has 144 valence electrons. The molecule has 0 fully saturated rings. The topological polar surface area (TPSA) is 62.1 Å². The number of hydrogen-bond donors (Lipinski definition) is 1. The molecule has 0 saturated heterocycles. The van der Waals surface area contributed by atoms with Crippen LogP contribution in [-0.4, -0.2) is 5.91 Å². The van der Waals surface area contributed by atoms with Gasteiger partial charge < -0.3 is 10.1 Å². The fraction of sp³-hybridized carbons (Fsp3) is 0.0435. The number of nitrogens with one attached hydrogen (secondary N) is 1. The second kappa shape index (κ2) is 9.54. The molecule has 0 aliphatic rings. The van der Waals surface area contributed by atoms with Crippen LogP contribution in [0.3, 0.4) is 0 Å². The molecule has 0 unspecified atom stereocenters. The molecule has 0 aliphatic heterocycles. The van der Waals surface area contributed by atoms with Crippen molar-refractivity contribution >= 4 is 29.3 Å². The van der Waals surface area contributed by atoms with E-state index >= 15 is 0 Å². The Morgan fingerprint density at radius 2 is 1.90 bits per heavy atom. The maximum Gasteiger partial charge on any atom is 0.266 e. The summed E-state index contributed by atoms with van der Waals surface area (Å²) in [6.45, 7) is 0.162. The highest BCUT2D eigenvalue weighted by Gasteiger charge is 2.10. The standard InChI is InChI=1S/C23H16ClFN2O2/c24-21-13-16(9-10-22(21)29-15-17-5-4-6-19(25)12-17)11-18(14-26)23(28)27-20-7-2-1-3-8-20/h1-13H,15H2,(H,27,28)/b18-11+. The smallest absolute Gasteiger partial charge is 0.266 e. The summed E-state index contributed by atoms with van der Waals surface area (Å²) in [5.74, 6) is -0.433. The number of benzene rings is 3. The summed E-state index contributed by atoms with van der Waals surface area (Å²) >= 11 is 6.25. The summed E-state index contributed by atoms with van der Waals surface area (Å²) in [5, 5.41) is 12.3. The molecule has 0 spiro atoms. The van der Waals surface area contributed by atoms with Gasteiger partial charge in [0.2, 0.25) is 0 Å². The van der Waals surface area contributed by atoms with Crippen molar-refractivity contribution in [3.8, 4) is 11.8 Å². The lowest BCUT2D eigenvalue weighted by molar-refractivity contribution is -0.112. The summed E-state index contributed by atoms with van der Waals surface area (Å²) < 4.78 is 18.9. The zero-order chi connectivity index (χ0) is 20.6. The fourth-order valence-corrected chi connectivity index (χ4v) is 2.79. The van der Waals surface area contributed by atoms with Crippen LogP contribution in [0.1, 0.15) is 11.1 Å². The minimum absolute atomic E-state index is 0.0571. The van der Waals surface area contributed by atoms with Gasteiger partial charge in [-0.05, 0) is 53.6 Å². The minimum Gasteiger partial charge on any atom is -0.487 e. The number of halogens is 2. The first-order valence-corrected chi connectivity index (χ1v) is 9.08. The monoisotopic (exact) mass is 406 g/mol. The van der Waals surface area contributed by atoms with Crippen LogP contribution in [-0.2, 0) is 11.4 Å². The predicted octanol–water partition coefficient (Wildman–Crippen LogP) is 5.60. The SMILES string of the molecule is N#C/C(=C\c1ccc(OCc2cccc(F)c2)c(Cl)c1)C(=O)Nc1ccccc1. The molecule has 3 aromatic rings. The Bertz CT molecular complexity index is 1090. The van der Waals surface area contributed by atoms with E-state index in [1.165, 1.54) is 18.2 Å². The van der Waals surface area contributed by atoms with Crippen LogP contribution in [0.2, 0.25) is 5.02 Å². The normalized spacial score (nSPS) is 10.9. The largest absolute Gasteiger partial charge is 0.487 e. The molecule has 29 heavy (non-hydrogen) atoms. The van der Waals surface area contributed by atoms with Crippen LogP contribution in [0.5, 0.6) is 5.75 Å². The van der Waals surface area contributed by atoms with E-state index in [0.29, 0.717) is 27.6 Å². The van der Waals surface area contributed by atoms with Gasteiger partial charge in [0.05, 0.1) is 5.02 Å². The van der Waals surface area contributed by atoms with Gasteiger partial charge in [-0.1, -0.05) is 48.0 Å². The molecule has 0 aromatic heterocycles. The third-order valence-corrected chi connectivity index (χ3v) is 4.24. The van der Waals surface area contributed by atoms with E-state index < -0.39 is 5.91 Å². The lowest BCUT2D eigenvalue weighted by atomic mass is 10.1. The van der Waals surface area contributed by atoms with Crippen molar-refractivity contribution in [3.63, 3.8) is 0 Å². The number of rotatable bonds is 6. The third-order valence-electron chi connectivity index (χ3n) is 3.95. The van der Waals surface area contributed by atoms with Gasteiger partial charge in [-0.2, -0.15) is 5.26 Å². The molecule has 3 rings (SSSR count). The lowest BCUT2D eigenvalue weighted by Crippen LogP contribution is -2.13. The van der Waals surface area contributed by atoms with Gasteiger partial charge in [0.15, 0.2) is 0 Å². The van der Waals surface area contributed by atoms with Crippen LogP contribution in [0.25, 0.3) is 6.08 Å². The Labute approximate surface area is 172 Å². The average Bonchev–Trinajstić information content (AvgIpc) is 2.72. The summed E-state index contributed by atoms with van der Waals surface area (Å²) in [7, 11) is 0. The summed E-state index contributed by atoms with van der Waals surface area (Å²) in [6, 6.07) is 21.8. The van der Waals surface area contributed by atoms with Crippen LogP contribution >= 0.6 is 11.6 Å².